The Balaban J connectivity index is 2.67. The fourth-order valence-corrected chi connectivity index (χ4v) is 2.94. The van der Waals surface area contributed by atoms with E-state index < -0.39 is 5.97 Å². The number of unbranched alkanes of at least 4 members (excludes halogenated alkanes) is 3. The summed E-state index contributed by atoms with van der Waals surface area (Å²) in [6.45, 7) is 3.91. The van der Waals surface area contributed by atoms with Crippen LogP contribution in [0.3, 0.4) is 0 Å². The van der Waals surface area contributed by atoms with E-state index in [1.54, 1.807) is 6.92 Å². The molecule has 0 saturated heterocycles. The first kappa shape index (κ1) is 16.9. The van der Waals surface area contributed by atoms with E-state index >= 15 is 0 Å². The molecule has 0 bridgehead atoms. The predicted molar refractivity (Wildman–Crippen MR) is 79.4 cm³/mol. The Hall–Kier alpha value is -1.14. The van der Waals surface area contributed by atoms with Crippen molar-refractivity contribution in [3.05, 3.63) is 17.1 Å². The highest BCUT2D eigenvalue weighted by Gasteiger charge is 2.17. The van der Waals surface area contributed by atoms with E-state index in [2.05, 4.69) is 9.97 Å². The number of thioether (sulfide) groups is 1. The number of aromatic nitrogens is 2. The van der Waals surface area contributed by atoms with Crippen LogP contribution in [0.25, 0.3) is 0 Å². The molecule has 0 saturated carbocycles. The Morgan fingerprint density at radius 3 is 2.50 bits per heavy atom. The van der Waals surface area contributed by atoms with Gasteiger partial charge in [0.2, 0.25) is 0 Å². The summed E-state index contributed by atoms with van der Waals surface area (Å²) in [5.74, 6) is 0.564. The monoisotopic (exact) mass is 298 g/mol. The summed E-state index contributed by atoms with van der Waals surface area (Å²) in [5.41, 5.74) is 0.759. The number of carbonyl (C=O) groups is 1. The SMILES string of the molecule is CCc1nc(C)c(C(=O)O)c(SCCCCCCO)n1. The van der Waals surface area contributed by atoms with Crippen molar-refractivity contribution in [1.82, 2.24) is 9.97 Å². The fraction of sp³-hybridized carbons (Fsp3) is 0.643. The highest BCUT2D eigenvalue weighted by Crippen LogP contribution is 2.24. The van der Waals surface area contributed by atoms with Crippen LogP contribution < -0.4 is 0 Å². The normalized spacial score (nSPS) is 10.8. The maximum Gasteiger partial charge on any atom is 0.340 e. The third kappa shape index (κ3) is 5.09. The van der Waals surface area contributed by atoms with Crippen LogP contribution in [0.15, 0.2) is 5.03 Å². The first-order chi connectivity index (χ1) is 9.60. The molecule has 1 aromatic heterocycles. The molecule has 2 N–H and O–H groups in total. The topological polar surface area (TPSA) is 83.3 Å². The van der Waals surface area contributed by atoms with Crippen LogP contribution >= 0.6 is 11.8 Å². The largest absolute Gasteiger partial charge is 0.478 e. The standard InChI is InChI=1S/C14H22N2O3S/c1-3-11-15-10(2)12(14(18)19)13(16-11)20-9-7-5-4-6-8-17/h17H,3-9H2,1-2H3,(H,18,19). The second-order valence-corrected chi connectivity index (χ2v) is 5.63. The van der Waals surface area contributed by atoms with Gasteiger partial charge < -0.3 is 10.2 Å². The summed E-state index contributed by atoms with van der Waals surface area (Å²) in [6, 6.07) is 0. The lowest BCUT2D eigenvalue weighted by Gasteiger charge is -2.09. The van der Waals surface area contributed by atoms with Crippen LogP contribution in [0, 0.1) is 6.92 Å². The van der Waals surface area contributed by atoms with Crippen LogP contribution in [0.4, 0.5) is 0 Å². The molecule has 0 unspecified atom stereocenters. The molecule has 5 nitrogen and oxygen atoms in total. The third-order valence-electron chi connectivity index (χ3n) is 2.92. The second kappa shape index (κ2) is 8.92. The minimum atomic E-state index is -0.965. The number of carboxylic acid groups (broad SMARTS) is 1. The van der Waals surface area contributed by atoms with Crippen molar-refractivity contribution in [2.45, 2.75) is 51.0 Å². The molecule has 6 heteroatoms. The van der Waals surface area contributed by atoms with Gasteiger partial charge in [-0.15, -0.1) is 11.8 Å². The number of aliphatic hydroxyl groups is 1. The number of carboxylic acids is 1. The number of hydrogen-bond acceptors (Lipinski definition) is 5. The molecule has 112 valence electrons. The Kier molecular flexibility index (Phi) is 7.54. The van der Waals surface area contributed by atoms with Crippen molar-refractivity contribution < 1.29 is 15.0 Å². The van der Waals surface area contributed by atoms with Gasteiger partial charge in [-0.05, 0) is 25.5 Å². The molecule has 20 heavy (non-hydrogen) atoms. The molecule has 0 aliphatic heterocycles. The highest BCUT2D eigenvalue weighted by atomic mass is 32.2. The van der Waals surface area contributed by atoms with E-state index in [1.807, 2.05) is 6.92 Å². The van der Waals surface area contributed by atoms with Gasteiger partial charge in [0, 0.05) is 13.0 Å². The molecule has 1 rings (SSSR count). The number of rotatable bonds is 9. The number of aliphatic hydroxyl groups excluding tert-OH is 1. The first-order valence-electron chi connectivity index (χ1n) is 6.94. The number of aromatic carboxylic acids is 1. The van der Waals surface area contributed by atoms with Gasteiger partial charge in [0.15, 0.2) is 0 Å². The lowest BCUT2D eigenvalue weighted by molar-refractivity contribution is 0.0690. The van der Waals surface area contributed by atoms with Crippen molar-refractivity contribution in [3.63, 3.8) is 0 Å². The summed E-state index contributed by atoms with van der Waals surface area (Å²) in [6.07, 6.45) is 4.57. The molecule has 0 amide bonds. The molecule has 0 aliphatic rings. The maximum absolute atomic E-state index is 11.3. The highest BCUT2D eigenvalue weighted by molar-refractivity contribution is 7.99. The van der Waals surface area contributed by atoms with Crippen molar-refractivity contribution in [2.24, 2.45) is 0 Å². The van der Waals surface area contributed by atoms with Gasteiger partial charge in [-0.3, -0.25) is 0 Å². The van der Waals surface area contributed by atoms with Crippen LogP contribution in [-0.2, 0) is 6.42 Å². The quantitative estimate of drug-likeness (QED) is 0.414. The predicted octanol–water partition coefficient (Wildman–Crippen LogP) is 2.69. The molecular formula is C14H22N2O3S. The summed E-state index contributed by atoms with van der Waals surface area (Å²) in [4.78, 5) is 19.8. The van der Waals surface area contributed by atoms with Gasteiger partial charge >= 0.3 is 5.97 Å². The smallest absolute Gasteiger partial charge is 0.340 e. The summed E-state index contributed by atoms with van der Waals surface area (Å²) >= 11 is 1.48. The zero-order valence-electron chi connectivity index (χ0n) is 12.1. The fourth-order valence-electron chi connectivity index (χ4n) is 1.85. The average Bonchev–Trinajstić information content (AvgIpc) is 2.41. The first-order valence-corrected chi connectivity index (χ1v) is 7.93. The molecular weight excluding hydrogens is 276 g/mol. The summed E-state index contributed by atoms with van der Waals surface area (Å²) in [5, 5.41) is 18.5. The molecule has 0 aliphatic carbocycles. The van der Waals surface area contributed by atoms with Gasteiger partial charge in [0.25, 0.3) is 0 Å². The molecule has 0 atom stereocenters. The van der Waals surface area contributed by atoms with E-state index in [1.165, 1.54) is 11.8 Å². The van der Waals surface area contributed by atoms with Crippen molar-refractivity contribution in [2.75, 3.05) is 12.4 Å². The minimum Gasteiger partial charge on any atom is -0.478 e. The lowest BCUT2D eigenvalue weighted by Crippen LogP contribution is -2.09. The molecule has 0 radical (unpaired) electrons. The maximum atomic E-state index is 11.3. The van der Waals surface area contributed by atoms with Crippen molar-refractivity contribution >= 4 is 17.7 Å². The van der Waals surface area contributed by atoms with E-state index in [0.717, 1.165) is 31.4 Å². The molecule has 0 aromatic carbocycles. The van der Waals surface area contributed by atoms with Gasteiger partial charge in [-0.1, -0.05) is 19.8 Å². The van der Waals surface area contributed by atoms with E-state index in [4.69, 9.17) is 5.11 Å². The Labute approximate surface area is 123 Å². The van der Waals surface area contributed by atoms with Crippen LogP contribution in [0.5, 0.6) is 0 Å². The van der Waals surface area contributed by atoms with E-state index in [0.29, 0.717) is 23.0 Å². The number of nitrogens with zero attached hydrogens (tertiary/aromatic N) is 2. The zero-order chi connectivity index (χ0) is 15.0. The molecule has 0 fully saturated rings. The summed E-state index contributed by atoms with van der Waals surface area (Å²) < 4.78 is 0. The van der Waals surface area contributed by atoms with Gasteiger partial charge in [-0.25, -0.2) is 14.8 Å². The van der Waals surface area contributed by atoms with Crippen molar-refractivity contribution in [3.8, 4) is 0 Å². The minimum absolute atomic E-state index is 0.225. The zero-order valence-corrected chi connectivity index (χ0v) is 12.9. The van der Waals surface area contributed by atoms with Crippen LogP contribution in [-0.4, -0.2) is 38.5 Å². The van der Waals surface area contributed by atoms with E-state index in [-0.39, 0.29) is 12.2 Å². The number of hydrogen-bond donors (Lipinski definition) is 2. The lowest BCUT2D eigenvalue weighted by atomic mass is 10.2. The molecule has 1 heterocycles. The van der Waals surface area contributed by atoms with Crippen LogP contribution in [0.1, 0.15) is 54.5 Å². The van der Waals surface area contributed by atoms with Crippen LogP contribution in [0.2, 0.25) is 0 Å². The van der Waals surface area contributed by atoms with Crippen molar-refractivity contribution in [1.29, 1.82) is 0 Å². The van der Waals surface area contributed by atoms with Gasteiger partial charge in [0.05, 0.1) is 5.69 Å². The van der Waals surface area contributed by atoms with E-state index in [9.17, 15) is 9.90 Å². The number of aryl methyl sites for hydroxylation is 2. The third-order valence-corrected chi connectivity index (χ3v) is 3.99. The Morgan fingerprint density at radius 2 is 1.90 bits per heavy atom. The second-order valence-electron chi connectivity index (χ2n) is 4.55. The molecule has 0 spiro atoms. The Bertz CT molecular complexity index is 452. The van der Waals surface area contributed by atoms with Gasteiger partial charge in [0.1, 0.15) is 16.4 Å². The average molecular weight is 298 g/mol. The Morgan fingerprint density at radius 1 is 1.20 bits per heavy atom. The van der Waals surface area contributed by atoms with Gasteiger partial charge in [-0.2, -0.15) is 0 Å². The summed E-state index contributed by atoms with van der Waals surface area (Å²) in [7, 11) is 0. The molecule has 1 aromatic rings.